The molecule has 31 heavy (non-hydrogen) atoms. The lowest BCUT2D eigenvalue weighted by Gasteiger charge is -2.10. The van der Waals surface area contributed by atoms with Crippen LogP contribution in [0.15, 0.2) is 72.9 Å². The molecule has 0 radical (unpaired) electrons. The summed E-state index contributed by atoms with van der Waals surface area (Å²) in [5.41, 5.74) is 5.19. The number of nitrogens with zero attached hydrogens (tertiary/aromatic N) is 2. The molecule has 0 saturated heterocycles. The first-order valence-corrected chi connectivity index (χ1v) is 10.2. The van der Waals surface area contributed by atoms with Gasteiger partial charge in [-0.2, -0.15) is 0 Å². The first-order valence-electron chi connectivity index (χ1n) is 10.2. The Morgan fingerprint density at radius 3 is 2.55 bits per heavy atom. The first kappa shape index (κ1) is 20.5. The summed E-state index contributed by atoms with van der Waals surface area (Å²) in [7, 11) is 0. The maximum absolute atomic E-state index is 12.7. The predicted molar refractivity (Wildman–Crippen MR) is 120 cm³/mol. The van der Waals surface area contributed by atoms with E-state index in [2.05, 4.69) is 21.7 Å². The van der Waals surface area contributed by atoms with E-state index in [1.165, 1.54) is 5.56 Å². The highest BCUT2D eigenvalue weighted by Gasteiger charge is 2.18. The number of rotatable bonds is 7. The van der Waals surface area contributed by atoms with Crippen LogP contribution in [-0.4, -0.2) is 27.9 Å². The Morgan fingerprint density at radius 1 is 0.968 bits per heavy atom. The molecule has 4 rings (SSSR count). The summed E-state index contributed by atoms with van der Waals surface area (Å²) in [6.45, 7) is 4.32. The van der Waals surface area contributed by atoms with Gasteiger partial charge in [0.2, 0.25) is 5.78 Å². The summed E-state index contributed by atoms with van der Waals surface area (Å²) in [5, 5.41) is 0.967. The highest BCUT2D eigenvalue weighted by Crippen LogP contribution is 2.19. The zero-order valence-corrected chi connectivity index (χ0v) is 17.7. The van der Waals surface area contributed by atoms with E-state index in [0.29, 0.717) is 12.1 Å². The lowest BCUT2D eigenvalue weighted by atomic mass is 10.1. The Labute approximate surface area is 181 Å². The summed E-state index contributed by atoms with van der Waals surface area (Å²) in [5.74, 6) is -0.638. The molecule has 0 N–H and O–H groups in total. The minimum atomic E-state index is -0.440. The third-order valence-corrected chi connectivity index (χ3v) is 5.47. The number of ether oxygens (including phenoxy) is 1. The maximum Gasteiger partial charge on any atom is 0.310 e. The van der Waals surface area contributed by atoms with E-state index in [0.717, 1.165) is 27.9 Å². The minimum Gasteiger partial charge on any atom is -0.457 e. The monoisotopic (exact) mass is 412 g/mol. The van der Waals surface area contributed by atoms with Gasteiger partial charge in [0.05, 0.1) is 11.9 Å². The standard InChI is InChI=1S/C26H24N2O3/c1-18-14-23(19(2)28(18)16-20-8-4-3-5-9-20)24(29)17-31-25(30)15-22-11-6-10-21-12-7-13-27-26(21)22/h3-14H,15-17H2,1-2H3. The molecular formula is C26H24N2O3. The Morgan fingerprint density at radius 2 is 1.74 bits per heavy atom. The molecule has 0 saturated carbocycles. The third-order valence-electron chi connectivity index (χ3n) is 5.47. The number of Topliss-reactive ketones (excluding diaryl/α,β-unsaturated/α-hetero) is 1. The van der Waals surface area contributed by atoms with Gasteiger partial charge in [0.15, 0.2) is 6.61 Å². The molecule has 0 bridgehead atoms. The highest BCUT2D eigenvalue weighted by molar-refractivity contribution is 5.99. The lowest BCUT2D eigenvalue weighted by molar-refractivity contribution is -0.141. The molecule has 0 aliphatic heterocycles. The molecule has 0 amide bonds. The summed E-state index contributed by atoms with van der Waals surface area (Å²) in [4.78, 5) is 29.5. The fourth-order valence-corrected chi connectivity index (χ4v) is 3.83. The minimum absolute atomic E-state index is 0.0780. The average molecular weight is 412 g/mol. The quantitative estimate of drug-likeness (QED) is 0.327. The third kappa shape index (κ3) is 4.56. The van der Waals surface area contributed by atoms with E-state index in [-0.39, 0.29) is 18.8 Å². The fraction of sp³-hybridized carbons (Fsp3) is 0.192. The second-order valence-corrected chi connectivity index (χ2v) is 7.61. The van der Waals surface area contributed by atoms with Gasteiger partial charge >= 0.3 is 5.97 Å². The number of benzene rings is 2. The molecule has 0 unspecified atom stereocenters. The summed E-state index contributed by atoms with van der Waals surface area (Å²) in [6.07, 6.45) is 1.78. The van der Waals surface area contributed by atoms with Crippen molar-refractivity contribution in [3.05, 3.63) is 101 Å². The van der Waals surface area contributed by atoms with Crippen LogP contribution in [0.5, 0.6) is 0 Å². The molecule has 5 heteroatoms. The van der Waals surface area contributed by atoms with Gasteiger partial charge in [-0.3, -0.25) is 14.6 Å². The second kappa shape index (κ2) is 8.96. The van der Waals surface area contributed by atoms with E-state index in [1.807, 2.05) is 68.4 Å². The number of aryl methyl sites for hydroxylation is 1. The number of hydrogen-bond acceptors (Lipinski definition) is 4. The number of pyridine rings is 1. The van der Waals surface area contributed by atoms with Crippen molar-refractivity contribution in [2.24, 2.45) is 0 Å². The molecule has 5 nitrogen and oxygen atoms in total. The second-order valence-electron chi connectivity index (χ2n) is 7.61. The van der Waals surface area contributed by atoms with Gasteiger partial charge in [-0.25, -0.2) is 0 Å². The number of para-hydroxylation sites is 1. The molecule has 0 aliphatic carbocycles. The predicted octanol–water partition coefficient (Wildman–Crippen LogP) is 4.67. The van der Waals surface area contributed by atoms with Crippen LogP contribution < -0.4 is 0 Å². The normalized spacial score (nSPS) is 10.9. The van der Waals surface area contributed by atoms with Crippen LogP contribution in [0.25, 0.3) is 10.9 Å². The van der Waals surface area contributed by atoms with Crippen molar-refractivity contribution >= 4 is 22.7 Å². The largest absolute Gasteiger partial charge is 0.457 e. The smallest absolute Gasteiger partial charge is 0.310 e. The van der Waals surface area contributed by atoms with Crippen LogP contribution in [0.2, 0.25) is 0 Å². The van der Waals surface area contributed by atoms with Gasteiger partial charge in [-0.1, -0.05) is 54.6 Å². The van der Waals surface area contributed by atoms with Crippen LogP contribution in [0.4, 0.5) is 0 Å². The number of carbonyl (C=O) groups is 2. The molecule has 0 spiro atoms. The average Bonchev–Trinajstić information content (AvgIpc) is 3.07. The van der Waals surface area contributed by atoms with E-state index in [4.69, 9.17) is 4.74 Å². The molecule has 0 fully saturated rings. The van der Waals surface area contributed by atoms with Crippen LogP contribution in [-0.2, 0) is 22.5 Å². The highest BCUT2D eigenvalue weighted by atomic mass is 16.5. The molecular weight excluding hydrogens is 388 g/mol. The van der Waals surface area contributed by atoms with Crippen LogP contribution in [0, 0.1) is 13.8 Å². The molecule has 0 atom stereocenters. The summed E-state index contributed by atoms with van der Waals surface area (Å²) < 4.78 is 7.41. The van der Waals surface area contributed by atoms with Crippen molar-refractivity contribution in [3.8, 4) is 0 Å². The Bertz CT molecular complexity index is 1240. The Balaban J connectivity index is 1.42. The van der Waals surface area contributed by atoms with E-state index in [9.17, 15) is 9.59 Å². The van der Waals surface area contributed by atoms with Crippen molar-refractivity contribution < 1.29 is 14.3 Å². The van der Waals surface area contributed by atoms with Gasteiger partial charge in [0.25, 0.3) is 0 Å². The lowest BCUT2D eigenvalue weighted by Crippen LogP contribution is -2.16. The van der Waals surface area contributed by atoms with E-state index in [1.54, 1.807) is 6.20 Å². The summed E-state index contributed by atoms with van der Waals surface area (Å²) >= 11 is 0. The number of fused-ring (bicyclic) bond motifs is 1. The van der Waals surface area contributed by atoms with Crippen molar-refractivity contribution in [1.82, 2.24) is 9.55 Å². The molecule has 0 aliphatic rings. The topological polar surface area (TPSA) is 61.2 Å². The number of carbonyl (C=O) groups excluding carboxylic acids is 2. The first-order chi connectivity index (χ1) is 15.0. The van der Waals surface area contributed by atoms with Gasteiger partial charge in [0.1, 0.15) is 0 Å². The van der Waals surface area contributed by atoms with Crippen molar-refractivity contribution in [2.75, 3.05) is 6.61 Å². The number of aromatic nitrogens is 2. The van der Waals surface area contributed by atoms with Crippen molar-refractivity contribution in [1.29, 1.82) is 0 Å². The molecule has 2 aromatic heterocycles. The number of ketones is 1. The van der Waals surface area contributed by atoms with E-state index < -0.39 is 5.97 Å². The maximum atomic E-state index is 12.7. The zero-order valence-electron chi connectivity index (χ0n) is 17.7. The van der Waals surface area contributed by atoms with Gasteiger partial charge in [-0.05, 0) is 37.1 Å². The number of hydrogen-bond donors (Lipinski definition) is 0. The van der Waals surface area contributed by atoms with E-state index >= 15 is 0 Å². The van der Waals surface area contributed by atoms with Crippen molar-refractivity contribution in [2.45, 2.75) is 26.8 Å². The molecule has 156 valence electrons. The SMILES string of the molecule is Cc1cc(C(=O)COC(=O)Cc2cccc3cccnc23)c(C)n1Cc1ccccc1. The Hall–Kier alpha value is -3.73. The van der Waals surface area contributed by atoms with Gasteiger partial charge < -0.3 is 9.30 Å². The van der Waals surface area contributed by atoms with Gasteiger partial charge in [-0.15, -0.1) is 0 Å². The Kier molecular flexibility index (Phi) is 5.94. The molecule has 2 aromatic carbocycles. The van der Waals surface area contributed by atoms with Crippen LogP contribution in [0.3, 0.4) is 0 Å². The zero-order chi connectivity index (χ0) is 21.8. The molecule has 4 aromatic rings. The fourth-order valence-electron chi connectivity index (χ4n) is 3.83. The van der Waals surface area contributed by atoms with Crippen LogP contribution >= 0.6 is 0 Å². The molecule has 2 heterocycles. The van der Waals surface area contributed by atoms with Gasteiger partial charge in [0, 0.05) is 35.1 Å². The van der Waals surface area contributed by atoms with Crippen molar-refractivity contribution in [3.63, 3.8) is 0 Å². The summed E-state index contributed by atoms with van der Waals surface area (Å²) in [6, 6.07) is 21.5. The van der Waals surface area contributed by atoms with Crippen LogP contribution in [0.1, 0.15) is 32.9 Å². The number of esters is 1.